The molecule has 0 aliphatic carbocycles. The molecule has 0 aliphatic rings. The number of fused-ring (bicyclic) bond motifs is 1. The first kappa shape index (κ1) is 8.97. The summed E-state index contributed by atoms with van der Waals surface area (Å²) < 4.78 is 0. The van der Waals surface area contributed by atoms with E-state index in [0.717, 1.165) is 10.9 Å². The molecule has 2 rings (SSSR count). The molecule has 14 heavy (non-hydrogen) atoms. The number of Topliss-reactive ketones (excluding diaryl/α,β-unsaturated/α-hetero) is 1. The Labute approximate surface area is 81.9 Å². The number of hydrogen-bond donors (Lipinski definition) is 2. The van der Waals surface area contributed by atoms with Crippen molar-refractivity contribution in [3.05, 3.63) is 36.0 Å². The van der Waals surface area contributed by atoms with Gasteiger partial charge in [0.15, 0.2) is 5.78 Å². The van der Waals surface area contributed by atoms with Gasteiger partial charge in [-0.3, -0.25) is 4.79 Å². The number of ketones is 1. The number of aromatic amines is 1. The third-order valence-corrected chi connectivity index (χ3v) is 2.25. The third-order valence-electron chi connectivity index (χ3n) is 2.25. The highest BCUT2D eigenvalue weighted by molar-refractivity contribution is 6.02. The van der Waals surface area contributed by atoms with Crippen LogP contribution < -0.4 is 5.73 Å². The van der Waals surface area contributed by atoms with E-state index in [1.807, 2.05) is 30.5 Å². The highest BCUT2D eigenvalue weighted by Crippen LogP contribution is 2.14. The lowest BCUT2D eigenvalue weighted by molar-refractivity contribution is 0.0968. The first-order valence-electron chi connectivity index (χ1n) is 4.55. The maximum absolute atomic E-state index is 11.6. The Kier molecular flexibility index (Phi) is 2.09. The van der Waals surface area contributed by atoms with Crippen LogP contribution in [-0.2, 0) is 0 Å². The molecule has 1 heterocycles. The van der Waals surface area contributed by atoms with Gasteiger partial charge in [-0.2, -0.15) is 0 Å². The molecule has 1 unspecified atom stereocenters. The molecule has 1 aromatic heterocycles. The number of rotatable bonds is 2. The molecular formula is C11H12N2O. The Hall–Kier alpha value is -1.61. The summed E-state index contributed by atoms with van der Waals surface area (Å²) in [5, 5.41) is 1.10. The van der Waals surface area contributed by atoms with Crippen LogP contribution in [0, 0.1) is 0 Å². The van der Waals surface area contributed by atoms with Crippen LogP contribution in [0.3, 0.4) is 0 Å². The number of aromatic nitrogens is 1. The van der Waals surface area contributed by atoms with Crippen molar-refractivity contribution in [1.82, 2.24) is 4.98 Å². The van der Waals surface area contributed by atoms with E-state index in [1.54, 1.807) is 6.92 Å². The predicted octanol–water partition coefficient (Wildman–Crippen LogP) is 1.70. The van der Waals surface area contributed by atoms with Crippen molar-refractivity contribution in [2.45, 2.75) is 13.0 Å². The van der Waals surface area contributed by atoms with Crippen LogP contribution in [0.1, 0.15) is 17.3 Å². The van der Waals surface area contributed by atoms with Gasteiger partial charge in [0.1, 0.15) is 0 Å². The summed E-state index contributed by atoms with van der Waals surface area (Å²) in [7, 11) is 0. The second-order valence-corrected chi connectivity index (χ2v) is 3.43. The fourth-order valence-electron chi connectivity index (χ4n) is 1.46. The van der Waals surface area contributed by atoms with Gasteiger partial charge < -0.3 is 10.7 Å². The Morgan fingerprint density at radius 2 is 2.21 bits per heavy atom. The number of carbonyl (C=O) groups excluding carboxylic acids is 1. The summed E-state index contributed by atoms with van der Waals surface area (Å²) in [6.45, 7) is 1.70. The van der Waals surface area contributed by atoms with Crippen molar-refractivity contribution in [2.24, 2.45) is 5.73 Å². The van der Waals surface area contributed by atoms with Crippen molar-refractivity contribution in [3.8, 4) is 0 Å². The zero-order chi connectivity index (χ0) is 10.1. The average molecular weight is 188 g/mol. The minimum Gasteiger partial charge on any atom is -0.361 e. The van der Waals surface area contributed by atoms with Crippen LogP contribution in [-0.4, -0.2) is 16.8 Å². The monoisotopic (exact) mass is 188 g/mol. The van der Waals surface area contributed by atoms with Crippen LogP contribution in [0.15, 0.2) is 30.5 Å². The lowest BCUT2D eigenvalue weighted by Gasteiger charge is -2.03. The van der Waals surface area contributed by atoms with Gasteiger partial charge in [0.25, 0.3) is 0 Å². The van der Waals surface area contributed by atoms with Crippen LogP contribution in [0.4, 0.5) is 0 Å². The SMILES string of the molecule is CC(N)C(=O)c1ccc2cc[nH]c2c1. The molecule has 0 amide bonds. The number of hydrogen-bond acceptors (Lipinski definition) is 2. The summed E-state index contributed by atoms with van der Waals surface area (Å²) in [4.78, 5) is 14.6. The lowest BCUT2D eigenvalue weighted by atomic mass is 10.0. The molecule has 3 heteroatoms. The first-order valence-corrected chi connectivity index (χ1v) is 4.55. The fraction of sp³-hybridized carbons (Fsp3) is 0.182. The van der Waals surface area contributed by atoms with Gasteiger partial charge in [-0.15, -0.1) is 0 Å². The van der Waals surface area contributed by atoms with Gasteiger partial charge >= 0.3 is 0 Å². The molecule has 3 N–H and O–H groups in total. The Morgan fingerprint density at radius 3 is 2.93 bits per heavy atom. The van der Waals surface area contributed by atoms with Gasteiger partial charge in [-0.25, -0.2) is 0 Å². The number of H-pyrrole nitrogens is 1. The number of benzene rings is 1. The molecule has 72 valence electrons. The number of carbonyl (C=O) groups is 1. The Balaban J connectivity index is 2.48. The van der Waals surface area contributed by atoms with Gasteiger partial charge in [0, 0.05) is 17.3 Å². The maximum atomic E-state index is 11.6. The number of nitrogens with one attached hydrogen (secondary N) is 1. The van der Waals surface area contributed by atoms with Gasteiger partial charge in [0.05, 0.1) is 6.04 Å². The molecular weight excluding hydrogens is 176 g/mol. The zero-order valence-electron chi connectivity index (χ0n) is 7.95. The molecule has 0 saturated heterocycles. The molecule has 0 spiro atoms. The first-order chi connectivity index (χ1) is 6.68. The van der Waals surface area contributed by atoms with Crippen molar-refractivity contribution >= 4 is 16.7 Å². The summed E-state index contributed by atoms with van der Waals surface area (Å²) >= 11 is 0. The van der Waals surface area contributed by atoms with Gasteiger partial charge in [-0.05, 0) is 24.4 Å². The van der Waals surface area contributed by atoms with Crippen molar-refractivity contribution in [1.29, 1.82) is 0 Å². The Bertz CT molecular complexity index is 471. The molecule has 0 aliphatic heterocycles. The summed E-state index contributed by atoms with van der Waals surface area (Å²) in [6.07, 6.45) is 1.85. The number of nitrogens with two attached hydrogens (primary N) is 1. The minimum absolute atomic E-state index is 0.0264. The zero-order valence-corrected chi connectivity index (χ0v) is 7.95. The van der Waals surface area contributed by atoms with Crippen LogP contribution >= 0.6 is 0 Å². The summed E-state index contributed by atoms with van der Waals surface area (Å²) in [6, 6.07) is 7.09. The van der Waals surface area contributed by atoms with Crippen molar-refractivity contribution in [2.75, 3.05) is 0 Å². The van der Waals surface area contributed by atoms with Crippen molar-refractivity contribution < 1.29 is 4.79 Å². The second kappa shape index (κ2) is 3.27. The maximum Gasteiger partial charge on any atom is 0.179 e. The minimum atomic E-state index is -0.442. The van der Waals surface area contributed by atoms with Gasteiger partial charge in [0.2, 0.25) is 0 Å². The molecule has 2 aromatic rings. The largest absolute Gasteiger partial charge is 0.361 e. The summed E-state index contributed by atoms with van der Waals surface area (Å²) in [5.74, 6) is -0.0264. The van der Waals surface area contributed by atoms with E-state index in [9.17, 15) is 4.79 Å². The second-order valence-electron chi connectivity index (χ2n) is 3.43. The smallest absolute Gasteiger partial charge is 0.179 e. The molecule has 1 aromatic carbocycles. The third kappa shape index (κ3) is 1.42. The van der Waals surface area contributed by atoms with Gasteiger partial charge in [-0.1, -0.05) is 12.1 Å². The molecule has 0 fully saturated rings. The fourth-order valence-corrected chi connectivity index (χ4v) is 1.46. The van der Waals surface area contributed by atoms with E-state index in [0.29, 0.717) is 5.56 Å². The molecule has 1 atom stereocenters. The van der Waals surface area contributed by atoms with E-state index in [2.05, 4.69) is 4.98 Å². The highest BCUT2D eigenvalue weighted by atomic mass is 16.1. The van der Waals surface area contributed by atoms with E-state index < -0.39 is 6.04 Å². The average Bonchev–Trinajstić information content (AvgIpc) is 2.62. The van der Waals surface area contributed by atoms with Crippen molar-refractivity contribution in [3.63, 3.8) is 0 Å². The van der Waals surface area contributed by atoms with E-state index in [1.165, 1.54) is 0 Å². The van der Waals surface area contributed by atoms with Crippen LogP contribution in [0.25, 0.3) is 10.9 Å². The topological polar surface area (TPSA) is 58.9 Å². The lowest BCUT2D eigenvalue weighted by Crippen LogP contribution is -2.26. The Morgan fingerprint density at radius 1 is 1.43 bits per heavy atom. The van der Waals surface area contributed by atoms with Crippen LogP contribution in [0.5, 0.6) is 0 Å². The molecule has 0 bridgehead atoms. The molecule has 0 saturated carbocycles. The highest BCUT2D eigenvalue weighted by Gasteiger charge is 2.10. The predicted molar refractivity (Wildman–Crippen MR) is 56.3 cm³/mol. The van der Waals surface area contributed by atoms with E-state index >= 15 is 0 Å². The standard InChI is InChI=1S/C11H12N2O/c1-7(12)11(14)9-3-2-8-4-5-13-10(8)6-9/h2-7,13H,12H2,1H3. The summed E-state index contributed by atoms with van der Waals surface area (Å²) in [5.41, 5.74) is 7.16. The van der Waals surface area contributed by atoms with E-state index in [-0.39, 0.29) is 5.78 Å². The van der Waals surface area contributed by atoms with E-state index in [4.69, 9.17) is 5.73 Å². The molecule has 0 radical (unpaired) electrons. The molecule has 3 nitrogen and oxygen atoms in total. The normalized spacial score (nSPS) is 13.0. The van der Waals surface area contributed by atoms with Crippen LogP contribution in [0.2, 0.25) is 0 Å². The quantitative estimate of drug-likeness (QED) is 0.705.